The Kier molecular flexibility index (Phi) is 6.44. The molecule has 2 aromatic carbocycles. The number of fused-ring (bicyclic) bond motifs is 1. The Hall–Kier alpha value is -1.63. The number of carbonyl (C=O) groups is 1. The Labute approximate surface area is 126 Å². The van der Waals surface area contributed by atoms with Gasteiger partial charge in [0.05, 0.1) is 0 Å². The average molecular weight is 334 g/mol. The van der Waals surface area contributed by atoms with Crippen LogP contribution in [-0.2, 0) is 15.3 Å². The number of rotatable bonds is 2. The van der Waals surface area contributed by atoms with Crippen LogP contribution in [0.3, 0.4) is 0 Å². The van der Waals surface area contributed by atoms with Gasteiger partial charge >= 0.3 is 16.5 Å². The van der Waals surface area contributed by atoms with Gasteiger partial charge in [-0.3, -0.25) is 4.79 Å². The van der Waals surface area contributed by atoms with Gasteiger partial charge in [-0.1, -0.05) is 35.3 Å². The summed E-state index contributed by atoms with van der Waals surface area (Å²) in [6.45, 7) is -0.684. The molecule has 1 N–H and O–H groups in total. The SMILES string of the molecule is Clc1ccc2ccc(Cl)cc2c1.O=C(O)CN=S(=O)=O. The number of hydrogen-bond acceptors (Lipinski definition) is 4. The van der Waals surface area contributed by atoms with Crippen LogP contribution in [-0.4, -0.2) is 26.0 Å². The minimum absolute atomic E-state index is 0.684. The summed E-state index contributed by atoms with van der Waals surface area (Å²) in [4.78, 5) is 9.54. The van der Waals surface area contributed by atoms with Crippen LogP contribution in [0.15, 0.2) is 40.8 Å². The van der Waals surface area contributed by atoms with Crippen LogP contribution in [0.25, 0.3) is 10.8 Å². The van der Waals surface area contributed by atoms with Crippen molar-refractivity contribution in [1.82, 2.24) is 0 Å². The van der Waals surface area contributed by atoms with E-state index in [0.717, 1.165) is 20.8 Å². The van der Waals surface area contributed by atoms with Gasteiger partial charge in [-0.25, -0.2) is 0 Å². The first-order valence-corrected chi connectivity index (χ1v) is 7.01. The smallest absolute Gasteiger partial charge is 0.326 e. The van der Waals surface area contributed by atoms with Gasteiger partial charge in [0.2, 0.25) is 0 Å². The van der Waals surface area contributed by atoms with Gasteiger partial charge < -0.3 is 5.11 Å². The van der Waals surface area contributed by atoms with E-state index in [0.29, 0.717) is 0 Å². The molecule has 0 radical (unpaired) electrons. The molecule has 0 amide bonds. The van der Waals surface area contributed by atoms with E-state index in [1.807, 2.05) is 36.4 Å². The van der Waals surface area contributed by atoms with Crippen LogP contribution < -0.4 is 0 Å². The second-order valence-corrected chi connectivity index (χ2v) is 5.10. The molecular formula is C12H9Cl2NO4S. The number of halogens is 2. The zero-order chi connectivity index (χ0) is 15.1. The van der Waals surface area contributed by atoms with Crippen molar-refractivity contribution >= 4 is 50.4 Å². The largest absolute Gasteiger partial charge is 0.480 e. The van der Waals surface area contributed by atoms with Gasteiger partial charge in [-0.05, 0) is 35.0 Å². The van der Waals surface area contributed by atoms with Gasteiger partial charge in [-0.2, -0.15) is 12.8 Å². The summed E-state index contributed by atoms with van der Waals surface area (Å²) in [5, 5.41) is 11.5. The molecule has 0 atom stereocenters. The van der Waals surface area contributed by atoms with E-state index in [1.165, 1.54) is 0 Å². The third-order valence-electron chi connectivity index (χ3n) is 2.07. The van der Waals surface area contributed by atoms with Crippen molar-refractivity contribution in [2.24, 2.45) is 4.36 Å². The Morgan fingerprint density at radius 2 is 1.55 bits per heavy atom. The fraction of sp³-hybridized carbons (Fsp3) is 0.0833. The van der Waals surface area contributed by atoms with E-state index < -0.39 is 23.0 Å². The van der Waals surface area contributed by atoms with Crippen molar-refractivity contribution in [1.29, 1.82) is 0 Å². The van der Waals surface area contributed by atoms with Crippen LogP contribution >= 0.6 is 23.2 Å². The van der Waals surface area contributed by atoms with Gasteiger partial charge in [-0.15, -0.1) is 0 Å². The molecule has 0 heterocycles. The number of nitrogens with zero attached hydrogens (tertiary/aromatic N) is 1. The Morgan fingerprint density at radius 1 is 1.05 bits per heavy atom. The zero-order valence-electron chi connectivity index (χ0n) is 9.95. The van der Waals surface area contributed by atoms with E-state index in [1.54, 1.807) is 0 Å². The van der Waals surface area contributed by atoms with Gasteiger partial charge in [0.1, 0.15) is 0 Å². The predicted molar refractivity (Wildman–Crippen MR) is 77.8 cm³/mol. The maximum atomic E-state index is 9.54. The Morgan fingerprint density at radius 3 is 1.90 bits per heavy atom. The first-order valence-electron chi connectivity index (χ1n) is 5.22. The third-order valence-corrected chi connectivity index (χ3v) is 2.88. The molecule has 8 heteroatoms. The molecular weight excluding hydrogens is 325 g/mol. The molecule has 106 valence electrons. The third kappa shape index (κ3) is 6.01. The Bertz CT molecular complexity index is 714. The summed E-state index contributed by atoms with van der Waals surface area (Å²) in [5.74, 6) is -1.26. The van der Waals surface area contributed by atoms with Crippen molar-refractivity contribution in [2.45, 2.75) is 0 Å². The summed E-state index contributed by atoms with van der Waals surface area (Å²) in [6.07, 6.45) is 0. The minimum atomic E-state index is -2.59. The minimum Gasteiger partial charge on any atom is -0.480 e. The van der Waals surface area contributed by atoms with Crippen molar-refractivity contribution < 1.29 is 18.3 Å². The molecule has 0 aliphatic carbocycles. The molecule has 5 nitrogen and oxygen atoms in total. The first kappa shape index (κ1) is 16.4. The van der Waals surface area contributed by atoms with Crippen LogP contribution in [0.2, 0.25) is 10.0 Å². The summed E-state index contributed by atoms with van der Waals surface area (Å²) in [5.41, 5.74) is 0. The molecule has 2 aromatic rings. The maximum Gasteiger partial charge on any atom is 0.326 e. The fourth-order valence-corrected chi connectivity index (χ4v) is 1.87. The second-order valence-electron chi connectivity index (χ2n) is 3.53. The van der Waals surface area contributed by atoms with Crippen molar-refractivity contribution in [3.8, 4) is 0 Å². The summed E-state index contributed by atoms with van der Waals surface area (Å²) in [7, 11) is -2.59. The van der Waals surface area contributed by atoms with Crippen molar-refractivity contribution in [3.63, 3.8) is 0 Å². The fourth-order valence-electron chi connectivity index (χ4n) is 1.30. The lowest BCUT2D eigenvalue weighted by Gasteiger charge is -1.97. The van der Waals surface area contributed by atoms with Crippen molar-refractivity contribution in [2.75, 3.05) is 6.54 Å². The molecule has 0 fully saturated rings. The molecule has 20 heavy (non-hydrogen) atoms. The average Bonchev–Trinajstić information content (AvgIpc) is 2.36. The standard InChI is InChI=1S/C10H6Cl2.C2H3NO4S/c11-9-3-1-7-2-4-10(12)6-8(7)5-9;4-2(5)1-3-8(6)7/h1-6H;1H2,(H,4,5). The first-order chi connectivity index (χ1) is 9.38. The normalized spacial score (nSPS) is 9.50. The molecule has 0 saturated heterocycles. The number of carboxylic acid groups (broad SMARTS) is 1. The van der Waals surface area contributed by atoms with Crippen LogP contribution in [0.5, 0.6) is 0 Å². The number of hydrogen-bond donors (Lipinski definition) is 1. The number of benzene rings is 2. The molecule has 0 saturated carbocycles. The summed E-state index contributed by atoms with van der Waals surface area (Å²) in [6, 6.07) is 11.5. The van der Waals surface area contributed by atoms with Crippen molar-refractivity contribution in [3.05, 3.63) is 46.4 Å². The summed E-state index contributed by atoms with van der Waals surface area (Å²) >= 11 is 11.7. The molecule has 0 spiro atoms. The van der Waals surface area contributed by atoms with E-state index in [-0.39, 0.29) is 0 Å². The zero-order valence-corrected chi connectivity index (χ0v) is 12.3. The predicted octanol–water partition coefficient (Wildman–Crippen LogP) is 3.28. The molecule has 0 aliphatic rings. The number of aliphatic carboxylic acids is 1. The van der Waals surface area contributed by atoms with Crippen LogP contribution in [0, 0.1) is 0 Å². The highest BCUT2D eigenvalue weighted by Gasteiger charge is 1.94. The van der Waals surface area contributed by atoms with E-state index in [2.05, 4.69) is 4.36 Å². The molecule has 0 bridgehead atoms. The summed E-state index contributed by atoms with van der Waals surface area (Å²) < 4.78 is 21.6. The highest BCUT2D eigenvalue weighted by molar-refractivity contribution is 7.61. The highest BCUT2D eigenvalue weighted by Crippen LogP contribution is 2.22. The quantitative estimate of drug-likeness (QED) is 0.913. The van der Waals surface area contributed by atoms with E-state index >= 15 is 0 Å². The highest BCUT2D eigenvalue weighted by atomic mass is 35.5. The van der Waals surface area contributed by atoms with Crippen LogP contribution in [0.1, 0.15) is 0 Å². The van der Waals surface area contributed by atoms with Gasteiger partial charge in [0.25, 0.3) is 0 Å². The van der Waals surface area contributed by atoms with Gasteiger partial charge in [0, 0.05) is 10.0 Å². The molecule has 0 aromatic heterocycles. The van der Waals surface area contributed by atoms with Gasteiger partial charge in [0.15, 0.2) is 6.54 Å². The monoisotopic (exact) mass is 333 g/mol. The lowest BCUT2D eigenvalue weighted by atomic mass is 10.1. The van der Waals surface area contributed by atoms with E-state index in [9.17, 15) is 13.2 Å². The lowest BCUT2D eigenvalue weighted by molar-refractivity contribution is -0.135. The molecule has 2 rings (SSSR count). The van der Waals surface area contributed by atoms with E-state index in [4.69, 9.17) is 28.3 Å². The number of carboxylic acids is 1. The van der Waals surface area contributed by atoms with Crippen LogP contribution in [0.4, 0.5) is 0 Å². The topological polar surface area (TPSA) is 83.8 Å². The molecule has 0 unspecified atom stereocenters. The maximum absolute atomic E-state index is 9.54. The Balaban J connectivity index is 0.000000221. The lowest BCUT2D eigenvalue weighted by Crippen LogP contribution is -1.97. The second kappa shape index (κ2) is 7.84. The molecule has 0 aliphatic heterocycles.